The summed E-state index contributed by atoms with van der Waals surface area (Å²) in [6.07, 6.45) is 23.2. The second-order valence-electron chi connectivity index (χ2n) is 11.6. The average Bonchev–Trinajstić information content (AvgIpc) is 3.02. The van der Waals surface area contributed by atoms with E-state index in [2.05, 4.69) is 67.8 Å². The summed E-state index contributed by atoms with van der Waals surface area (Å²) in [6, 6.07) is -0.727. The monoisotopic (exact) mass is 623 g/mol. The quantitative estimate of drug-likeness (QED) is 0.0630. The summed E-state index contributed by atoms with van der Waals surface area (Å²) in [5.74, 6) is -0.182. The van der Waals surface area contributed by atoms with E-state index >= 15 is 0 Å². The third kappa shape index (κ3) is 18.2. The molecule has 0 bridgehead atoms. The summed E-state index contributed by atoms with van der Waals surface area (Å²) in [4.78, 5) is 12.7. The molecule has 1 fully saturated rings. The number of hydrogen-bond donors (Lipinski definition) is 6. The lowest BCUT2D eigenvalue weighted by Gasteiger charge is -2.40. The maximum Gasteiger partial charge on any atom is 0.220 e. The van der Waals surface area contributed by atoms with Gasteiger partial charge in [0.15, 0.2) is 6.29 Å². The molecule has 7 unspecified atom stereocenters. The van der Waals surface area contributed by atoms with E-state index in [0.717, 1.165) is 83.5 Å². The lowest BCUT2D eigenvalue weighted by molar-refractivity contribution is -0.302. The Morgan fingerprint density at radius 1 is 0.795 bits per heavy atom. The molecule has 1 rings (SSSR count). The van der Waals surface area contributed by atoms with Crippen LogP contribution >= 0.6 is 0 Å². The molecule has 254 valence electrons. The first-order chi connectivity index (χ1) is 21.3. The van der Waals surface area contributed by atoms with E-state index in [1.807, 2.05) is 0 Å². The Morgan fingerprint density at radius 2 is 1.41 bits per heavy atom. The molecule has 1 aliphatic rings. The Balaban J connectivity index is 2.36. The molecule has 9 nitrogen and oxygen atoms in total. The van der Waals surface area contributed by atoms with Crippen molar-refractivity contribution in [2.45, 2.75) is 153 Å². The summed E-state index contributed by atoms with van der Waals surface area (Å²) in [6.45, 7) is 3.53. The van der Waals surface area contributed by atoms with E-state index in [1.54, 1.807) is 0 Å². The molecule has 1 aliphatic heterocycles. The Hall–Kier alpha value is -1.85. The highest BCUT2D eigenvalue weighted by Crippen LogP contribution is 2.22. The highest BCUT2D eigenvalue weighted by molar-refractivity contribution is 5.76. The number of nitrogens with one attached hydrogen (secondary N) is 1. The molecule has 9 heteroatoms. The molecule has 6 N–H and O–H groups in total. The van der Waals surface area contributed by atoms with Crippen LogP contribution in [0.1, 0.15) is 110 Å². The molecule has 1 heterocycles. The van der Waals surface area contributed by atoms with Gasteiger partial charge in [-0.1, -0.05) is 101 Å². The summed E-state index contributed by atoms with van der Waals surface area (Å²) in [7, 11) is 0. The van der Waals surface area contributed by atoms with Crippen molar-refractivity contribution in [1.29, 1.82) is 0 Å². The number of aliphatic hydroxyl groups is 5. The fraction of sp³-hybridized carbons (Fsp3) is 0.743. The van der Waals surface area contributed by atoms with Gasteiger partial charge in [-0.05, 0) is 51.4 Å². The number of hydrogen-bond acceptors (Lipinski definition) is 8. The molecule has 0 aromatic rings. The SMILES string of the molecule is CC/C=C\C/C=C\C/C=C\C/C=C\CCCCCCC(=O)NC(COC1OC(CO)C(O)C(O)C1O)C(O)CCCCCC. The van der Waals surface area contributed by atoms with Crippen molar-refractivity contribution in [3.05, 3.63) is 48.6 Å². The van der Waals surface area contributed by atoms with Gasteiger partial charge in [0.05, 0.1) is 25.4 Å². The van der Waals surface area contributed by atoms with Gasteiger partial charge < -0.3 is 40.3 Å². The first-order valence-electron chi connectivity index (χ1n) is 16.8. The highest BCUT2D eigenvalue weighted by Gasteiger charge is 2.44. The number of rotatable bonds is 25. The molecular formula is C35H61NO8. The van der Waals surface area contributed by atoms with Crippen LogP contribution in [0, 0.1) is 0 Å². The van der Waals surface area contributed by atoms with Gasteiger partial charge in [0.2, 0.25) is 5.91 Å². The van der Waals surface area contributed by atoms with Crippen LogP contribution in [-0.2, 0) is 14.3 Å². The third-order valence-corrected chi connectivity index (χ3v) is 7.70. The minimum absolute atomic E-state index is 0.155. The van der Waals surface area contributed by atoms with Gasteiger partial charge in [-0.15, -0.1) is 0 Å². The van der Waals surface area contributed by atoms with Crippen LogP contribution in [0.25, 0.3) is 0 Å². The fourth-order valence-electron chi connectivity index (χ4n) is 4.91. The highest BCUT2D eigenvalue weighted by atomic mass is 16.7. The predicted molar refractivity (Wildman–Crippen MR) is 175 cm³/mol. The minimum atomic E-state index is -1.55. The molecular weight excluding hydrogens is 562 g/mol. The molecule has 0 saturated carbocycles. The molecule has 1 saturated heterocycles. The van der Waals surface area contributed by atoms with Crippen LogP contribution < -0.4 is 5.32 Å². The van der Waals surface area contributed by atoms with E-state index in [9.17, 15) is 30.3 Å². The van der Waals surface area contributed by atoms with Gasteiger partial charge in [0, 0.05) is 6.42 Å². The number of carbonyl (C=O) groups excluding carboxylic acids is 1. The topological polar surface area (TPSA) is 149 Å². The number of allylic oxidation sites excluding steroid dienone is 8. The molecule has 0 aromatic heterocycles. The Kier molecular flexibility index (Phi) is 24.1. The Morgan fingerprint density at radius 3 is 2.05 bits per heavy atom. The molecule has 44 heavy (non-hydrogen) atoms. The summed E-state index contributed by atoms with van der Waals surface area (Å²) < 4.78 is 11.1. The zero-order valence-corrected chi connectivity index (χ0v) is 27.1. The van der Waals surface area contributed by atoms with Crippen molar-refractivity contribution in [2.75, 3.05) is 13.2 Å². The van der Waals surface area contributed by atoms with Crippen molar-refractivity contribution >= 4 is 5.91 Å². The number of aliphatic hydroxyl groups excluding tert-OH is 5. The maximum absolute atomic E-state index is 12.7. The molecule has 1 amide bonds. The van der Waals surface area contributed by atoms with Crippen molar-refractivity contribution in [1.82, 2.24) is 5.32 Å². The minimum Gasteiger partial charge on any atom is -0.394 e. The summed E-state index contributed by atoms with van der Waals surface area (Å²) in [5.41, 5.74) is 0. The maximum atomic E-state index is 12.7. The van der Waals surface area contributed by atoms with Gasteiger partial charge >= 0.3 is 0 Å². The van der Waals surface area contributed by atoms with Crippen molar-refractivity contribution in [3.8, 4) is 0 Å². The van der Waals surface area contributed by atoms with Gasteiger partial charge in [-0.3, -0.25) is 4.79 Å². The average molecular weight is 624 g/mol. The van der Waals surface area contributed by atoms with Crippen molar-refractivity contribution in [3.63, 3.8) is 0 Å². The number of ether oxygens (including phenoxy) is 2. The smallest absolute Gasteiger partial charge is 0.220 e. The van der Waals surface area contributed by atoms with E-state index in [0.29, 0.717) is 12.8 Å². The van der Waals surface area contributed by atoms with Gasteiger partial charge in [-0.25, -0.2) is 0 Å². The van der Waals surface area contributed by atoms with Gasteiger partial charge in [-0.2, -0.15) is 0 Å². The van der Waals surface area contributed by atoms with E-state index < -0.39 is 49.5 Å². The Labute approximate surface area is 265 Å². The van der Waals surface area contributed by atoms with E-state index in [1.165, 1.54) is 0 Å². The fourth-order valence-corrected chi connectivity index (χ4v) is 4.91. The zero-order valence-electron chi connectivity index (χ0n) is 27.1. The standard InChI is InChI=1S/C35H61NO8/c1-3-5-7-9-10-11-12-13-14-15-16-17-18-19-20-21-23-25-31(39)36-28(29(38)24-22-8-6-4-2)27-43-35-34(42)33(41)32(40)30(26-37)44-35/h5,7,10-11,13-14,16-17,28-30,32-35,37-38,40-42H,3-4,6,8-9,12,15,18-27H2,1-2H3,(H,36,39)/b7-5-,11-10-,14-13-,17-16-. The lowest BCUT2D eigenvalue weighted by Crippen LogP contribution is -2.60. The number of carbonyl (C=O) groups is 1. The van der Waals surface area contributed by atoms with E-state index in [4.69, 9.17) is 9.47 Å². The van der Waals surface area contributed by atoms with Crippen molar-refractivity contribution in [2.24, 2.45) is 0 Å². The summed E-state index contributed by atoms with van der Waals surface area (Å²) in [5, 5.41) is 53.4. The largest absolute Gasteiger partial charge is 0.394 e. The van der Waals surface area contributed by atoms with Crippen molar-refractivity contribution < 1.29 is 39.8 Å². The zero-order chi connectivity index (χ0) is 32.4. The van der Waals surface area contributed by atoms with E-state index in [-0.39, 0.29) is 12.5 Å². The lowest BCUT2D eigenvalue weighted by atomic mass is 9.99. The van der Waals surface area contributed by atoms with Gasteiger partial charge in [0.1, 0.15) is 24.4 Å². The Bertz CT molecular complexity index is 828. The molecule has 0 radical (unpaired) electrons. The van der Waals surface area contributed by atoms with Crippen LogP contribution in [0.4, 0.5) is 0 Å². The van der Waals surface area contributed by atoms with Crippen LogP contribution in [-0.4, -0.2) is 87.5 Å². The second-order valence-corrected chi connectivity index (χ2v) is 11.6. The van der Waals surface area contributed by atoms with Crippen LogP contribution in [0.5, 0.6) is 0 Å². The predicted octanol–water partition coefficient (Wildman–Crippen LogP) is 4.76. The van der Waals surface area contributed by atoms with Crippen LogP contribution in [0.3, 0.4) is 0 Å². The number of unbranched alkanes of at least 4 members (excludes halogenated alkanes) is 7. The molecule has 0 spiro atoms. The first-order valence-corrected chi connectivity index (χ1v) is 16.8. The molecule has 0 aliphatic carbocycles. The summed E-state index contributed by atoms with van der Waals surface area (Å²) >= 11 is 0. The normalized spacial score (nSPS) is 24.2. The first kappa shape index (κ1) is 40.2. The van der Waals surface area contributed by atoms with Gasteiger partial charge in [0.25, 0.3) is 0 Å². The molecule has 0 aromatic carbocycles. The second kappa shape index (κ2) is 26.4. The number of amides is 1. The van der Waals surface area contributed by atoms with Crippen LogP contribution in [0.15, 0.2) is 48.6 Å². The molecule has 7 atom stereocenters. The van der Waals surface area contributed by atoms with Crippen LogP contribution in [0.2, 0.25) is 0 Å². The third-order valence-electron chi connectivity index (χ3n) is 7.70.